The SMILES string of the molecule is O=CNCc1ncccc1Br. The van der Waals surface area contributed by atoms with Gasteiger partial charge in [-0.05, 0) is 28.1 Å². The number of hydrogen-bond acceptors (Lipinski definition) is 2. The Morgan fingerprint density at radius 1 is 1.73 bits per heavy atom. The van der Waals surface area contributed by atoms with Gasteiger partial charge in [-0.3, -0.25) is 9.78 Å². The molecule has 0 spiro atoms. The fourth-order valence-corrected chi connectivity index (χ4v) is 1.08. The van der Waals surface area contributed by atoms with E-state index in [2.05, 4.69) is 26.2 Å². The van der Waals surface area contributed by atoms with Crippen molar-refractivity contribution in [1.29, 1.82) is 0 Å². The average Bonchev–Trinajstić information content (AvgIpc) is 2.03. The van der Waals surface area contributed by atoms with Gasteiger partial charge in [-0.15, -0.1) is 0 Å². The van der Waals surface area contributed by atoms with E-state index in [9.17, 15) is 4.79 Å². The number of aromatic nitrogens is 1. The molecule has 0 fully saturated rings. The summed E-state index contributed by atoms with van der Waals surface area (Å²) in [5.41, 5.74) is 0.833. The minimum absolute atomic E-state index is 0.463. The molecule has 1 heterocycles. The third-order valence-electron chi connectivity index (χ3n) is 1.19. The van der Waals surface area contributed by atoms with Gasteiger partial charge in [0.05, 0.1) is 12.2 Å². The lowest BCUT2D eigenvalue weighted by Gasteiger charge is -1.99. The Bertz CT molecular complexity index is 252. The molecule has 0 aliphatic rings. The summed E-state index contributed by atoms with van der Waals surface area (Å²) in [5.74, 6) is 0. The second-order valence-electron chi connectivity index (χ2n) is 1.93. The van der Waals surface area contributed by atoms with E-state index in [-0.39, 0.29) is 0 Å². The highest BCUT2D eigenvalue weighted by Crippen LogP contribution is 2.12. The summed E-state index contributed by atoms with van der Waals surface area (Å²) in [4.78, 5) is 14.0. The van der Waals surface area contributed by atoms with Gasteiger partial charge < -0.3 is 5.32 Å². The number of hydrogen-bond donors (Lipinski definition) is 1. The minimum atomic E-state index is 0.463. The molecule has 1 amide bonds. The largest absolute Gasteiger partial charge is 0.353 e. The van der Waals surface area contributed by atoms with Crippen molar-refractivity contribution in [2.75, 3.05) is 0 Å². The van der Waals surface area contributed by atoms with E-state index >= 15 is 0 Å². The van der Waals surface area contributed by atoms with E-state index in [0.717, 1.165) is 10.2 Å². The van der Waals surface area contributed by atoms with Crippen LogP contribution in [0.15, 0.2) is 22.8 Å². The van der Waals surface area contributed by atoms with Crippen LogP contribution in [0.2, 0.25) is 0 Å². The molecule has 1 N–H and O–H groups in total. The highest BCUT2D eigenvalue weighted by molar-refractivity contribution is 9.10. The van der Waals surface area contributed by atoms with Crippen molar-refractivity contribution in [1.82, 2.24) is 10.3 Å². The van der Waals surface area contributed by atoms with Crippen LogP contribution in [0, 0.1) is 0 Å². The zero-order valence-electron chi connectivity index (χ0n) is 5.75. The molecule has 4 heteroatoms. The van der Waals surface area contributed by atoms with Crippen LogP contribution in [0.3, 0.4) is 0 Å². The highest BCUT2D eigenvalue weighted by Gasteiger charge is 1.96. The topological polar surface area (TPSA) is 42.0 Å². The number of pyridine rings is 1. The molecule has 0 aromatic carbocycles. The van der Waals surface area contributed by atoms with Crippen molar-refractivity contribution >= 4 is 22.3 Å². The molecule has 0 atom stereocenters. The number of nitrogens with zero attached hydrogens (tertiary/aromatic N) is 1. The number of rotatable bonds is 3. The quantitative estimate of drug-likeness (QED) is 0.766. The van der Waals surface area contributed by atoms with Crippen LogP contribution in [0.5, 0.6) is 0 Å². The predicted molar refractivity (Wildman–Crippen MR) is 44.8 cm³/mol. The fourth-order valence-electron chi connectivity index (χ4n) is 0.687. The van der Waals surface area contributed by atoms with Gasteiger partial charge in [-0.1, -0.05) is 0 Å². The summed E-state index contributed by atoms with van der Waals surface area (Å²) < 4.78 is 0.911. The van der Waals surface area contributed by atoms with Gasteiger partial charge in [0.1, 0.15) is 0 Å². The zero-order chi connectivity index (χ0) is 8.10. The minimum Gasteiger partial charge on any atom is -0.353 e. The van der Waals surface area contributed by atoms with Crippen molar-refractivity contribution in [2.45, 2.75) is 6.54 Å². The standard InChI is InChI=1S/C7H7BrN2O/c8-6-2-1-3-10-7(6)4-9-5-11/h1-3,5H,4H2,(H,9,11). The van der Waals surface area contributed by atoms with Crippen molar-refractivity contribution in [3.8, 4) is 0 Å². The summed E-state index contributed by atoms with van der Waals surface area (Å²) >= 11 is 3.31. The summed E-state index contributed by atoms with van der Waals surface area (Å²) in [7, 11) is 0. The smallest absolute Gasteiger partial charge is 0.207 e. The number of carbonyl (C=O) groups is 1. The molecule has 1 aromatic rings. The predicted octanol–water partition coefficient (Wildman–Crippen LogP) is 1.09. The van der Waals surface area contributed by atoms with Gasteiger partial charge in [0.2, 0.25) is 6.41 Å². The molecule has 0 saturated carbocycles. The maximum atomic E-state index is 9.94. The van der Waals surface area contributed by atoms with Crippen LogP contribution in [-0.2, 0) is 11.3 Å². The zero-order valence-corrected chi connectivity index (χ0v) is 7.34. The second-order valence-corrected chi connectivity index (χ2v) is 2.79. The van der Waals surface area contributed by atoms with Gasteiger partial charge in [-0.25, -0.2) is 0 Å². The molecule has 1 aromatic heterocycles. The van der Waals surface area contributed by atoms with E-state index in [1.54, 1.807) is 6.20 Å². The van der Waals surface area contributed by atoms with Gasteiger partial charge >= 0.3 is 0 Å². The summed E-state index contributed by atoms with van der Waals surface area (Å²) in [6.45, 7) is 0.463. The van der Waals surface area contributed by atoms with Crippen molar-refractivity contribution in [3.63, 3.8) is 0 Å². The van der Waals surface area contributed by atoms with Crippen LogP contribution in [0.25, 0.3) is 0 Å². The second kappa shape index (κ2) is 4.08. The molecule has 0 radical (unpaired) electrons. The molecule has 0 aliphatic heterocycles. The third-order valence-corrected chi connectivity index (χ3v) is 1.91. The van der Waals surface area contributed by atoms with E-state index < -0.39 is 0 Å². The maximum Gasteiger partial charge on any atom is 0.207 e. The van der Waals surface area contributed by atoms with Gasteiger partial charge in [0.25, 0.3) is 0 Å². The number of amides is 1. The first-order chi connectivity index (χ1) is 5.34. The number of halogens is 1. The molecule has 11 heavy (non-hydrogen) atoms. The Labute approximate surface area is 73.0 Å². The molecule has 3 nitrogen and oxygen atoms in total. The average molecular weight is 215 g/mol. The van der Waals surface area contributed by atoms with Crippen LogP contribution >= 0.6 is 15.9 Å². The maximum absolute atomic E-state index is 9.94. The van der Waals surface area contributed by atoms with Crippen molar-refractivity contribution in [2.24, 2.45) is 0 Å². The summed E-state index contributed by atoms with van der Waals surface area (Å²) in [5, 5.41) is 2.53. The molecular weight excluding hydrogens is 208 g/mol. The van der Waals surface area contributed by atoms with Crippen molar-refractivity contribution < 1.29 is 4.79 Å². The molecule has 0 unspecified atom stereocenters. The monoisotopic (exact) mass is 214 g/mol. The molecule has 58 valence electrons. The first-order valence-electron chi connectivity index (χ1n) is 3.11. The van der Waals surface area contributed by atoms with Gasteiger partial charge in [0.15, 0.2) is 0 Å². The summed E-state index contributed by atoms with van der Waals surface area (Å²) in [6, 6.07) is 3.71. The number of carbonyl (C=O) groups excluding carboxylic acids is 1. The van der Waals surface area contributed by atoms with Crippen LogP contribution < -0.4 is 5.32 Å². The van der Waals surface area contributed by atoms with E-state index in [1.165, 1.54) is 0 Å². The fraction of sp³-hybridized carbons (Fsp3) is 0.143. The molecule has 0 aliphatic carbocycles. The molecular formula is C7H7BrN2O. The Morgan fingerprint density at radius 2 is 2.55 bits per heavy atom. The van der Waals surface area contributed by atoms with Crippen LogP contribution in [0.1, 0.15) is 5.69 Å². The van der Waals surface area contributed by atoms with Crippen molar-refractivity contribution in [3.05, 3.63) is 28.5 Å². The Balaban J connectivity index is 2.69. The Hall–Kier alpha value is -0.900. The van der Waals surface area contributed by atoms with Gasteiger partial charge in [0, 0.05) is 10.7 Å². The normalized spacial score (nSPS) is 9.18. The highest BCUT2D eigenvalue weighted by atomic mass is 79.9. The summed E-state index contributed by atoms with van der Waals surface area (Å²) in [6.07, 6.45) is 2.34. The third kappa shape index (κ3) is 2.31. The lowest BCUT2D eigenvalue weighted by atomic mass is 10.3. The van der Waals surface area contributed by atoms with E-state index in [4.69, 9.17) is 0 Å². The Morgan fingerprint density at radius 3 is 3.18 bits per heavy atom. The molecule has 0 bridgehead atoms. The molecule has 0 saturated heterocycles. The number of nitrogens with one attached hydrogen (secondary N) is 1. The first kappa shape index (κ1) is 8.20. The Kier molecular flexibility index (Phi) is 3.04. The van der Waals surface area contributed by atoms with Gasteiger partial charge in [-0.2, -0.15) is 0 Å². The van der Waals surface area contributed by atoms with E-state index in [1.807, 2.05) is 12.1 Å². The van der Waals surface area contributed by atoms with E-state index in [0.29, 0.717) is 13.0 Å². The van der Waals surface area contributed by atoms with Crippen LogP contribution in [-0.4, -0.2) is 11.4 Å². The molecule has 1 rings (SSSR count). The lowest BCUT2D eigenvalue weighted by molar-refractivity contribution is -0.109. The lowest BCUT2D eigenvalue weighted by Crippen LogP contribution is -2.11. The first-order valence-corrected chi connectivity index (χ1v) is 3.90. The van der Waals surface area contributed by atoms with Crippen LogP contribution in [0.4, 0.5) is 0 Å².